The summed E-state index contributed by atoms with van der Waals surface area (Å²) in [6.45, 7) is 2.22. The quantitative estimate of drug-likeness (QED) is 0.710. The molecule has 0 radical (unpaired) electrons. The number of para-hydroxylation sites is 1. The summed E-state index contributed by atoms with van der Waals surface area (Å²) >= 11 is 0. The minimum absolute atomic E-state index is 0.168. The molecule has 7 nitrogen and oxygen atoms in total. The van der Waals surface area contributed by atoms with E-state index in [9.17, 15) is 13.2 Å². The number of aromatic nitrogens is 2. The number of amides is 1. The third-order valence-electron chi connectivity index (χ3n) is 5.76. The van der Waals surface area contributed by atoms with Crippen molar-refractivity contribution in [1.82, 2.24) is 19.2 Å². The Morgan fingerprint density at radius 1 is 1.07 bits per heavy atom. The first kappa shape index (κ1) is 17.5. The van der Waals surface area contributed by atoms with Crippen molar-refractivity contribution in [2.24, 2.45) is 0 Å². The van der Waals surface area contributed by atoms with E-state index in [0.717, 1.165) is 35.7 Å². The molecule has 0 saturated carbocycles. The molecule has 0 unspecified atom stereocenters. The number of aromatic amines is 2. The number of H-pyrrole nitrogens is 2. The highest BCUT2D eigenvalue weighted by atomic mass is 32.2. The SMILES string of the molecule is O=C(c1cc(S(=O)(=O)N2CCCC2)c[nH]1)N1CCc2[nH]c3ccccc3c2C1. The first-order valence-electron chi connectivity index (χ1n) is 9.60. The van der Waals surface area contributed by atoms with Crippen LogP contribution in [0.5, 0.6) is 0 Å². The van der Waals surface area contributed by atoms with Gasteiger partial charge in [-0.2, -0.15) is 4.31 Å². The van der Waals surface area contributed by atoms with Gasteiger partial charge in [-0.3, -0.25) is 4.79 Å². The van der Waals surface area contributed by atoms with Crippen LogP contribution in [0.25, 0.3) is 10.9 Å². The van der Waals surface area contributed by atoms with E-state index >= 15 is 0 Å². The van der Waals surface area contributed by atoms with Crippen LogP contribution in [0.2, 0.25) is 0 Å². The molecule has 0 aliphatic carbocycles. The number of fused-ring (bicyclic) bond motifs is 3. The maximum atomic E-state index is 13.0. The van der Waals surface area contributed by atoms with Crippen LogP contribution in [0.3, 0.4) is 0 Å². The Labute approximate surface area is 163 Å². The van der Waals surface area contributed by atoms with Crippen molar-refractivity contribution in [1.29, 1.82) is 0 Å². The molecule has 2 aliphatic rings. The van der Waals surface area contributed by atoms with Crippen molar-refractivity contribution in [3.8, 4) is 0 Å². The highest BCUT2D eigenvalue weighted by molar-refractivity contribution is 7.89. The highest BCUT2D eigenvalue weighted by Gasteiger charge is 2.30. The van der Waals surface area contributed by atoms with Crippen molar-refractivity contribution in [3.63, 3.8) is 0 Å². The fourth-order valence-corrected chi connectivity index (χ4v) is 5.75. The number of rotatable bonds is 3. The summed E-state index contributed by atoms with van der Waals surface area (Å²) in [5.41, 5.74) is 3.72. The topological polar surface area (TPSA) is 89.3 Å². The van der Waals surface area contributed by atoms with E-state index in [1.54, 1.807) is 4.90 Å². The minimum Gasteiger partial charge on any atom is -0.358 e. The van der Waals surface area contributed by atoms with Gasteiger partial charge < -0.3 is 14.9 Å². The molecule has 2 aromatic heterocycles. The summed E-state index contributed by atoms with van der Waals surface area (Å²) in [6.07, 6.45) is 3.96. The van der Waals surface area contributed by atoms with Crippen molar-refractivity contribution in [2.75, 3.05) is 19.6 Å². The summed E-state index contributed by atoms with van der Waals surface area (Å²) in [5, 5.41) is 1.14. The lowest BCUT2D eigenvalue weighted by atomic mass is 10.0. The average Bonchev–Trinajstić information content (AvgIpc) is 3.46. The summed E-state index contributed by atoms with van der Waals surface area (Å²) in [4.78, 5) is 21.3. The summed E-state index contributed by atoms with van der Waals surface area (Å²) in [6, 6.07) is 9.57. The molecule has 2 N–H and O–H groups in total. The Hall–Kier alpha value is -2.58. The molecule has 1 saturated heterocycles. The number of benzene rings is 1. The fraction of sp³-hybridized carbons (Fsp3) is 0.350. The van der Waals surface area contributed by atoms with E-state index in [2.05, 4.69) is 16.0 Å². The van der Waals surface area contributed by atoms with Crippen LogP contribution in [0.15, 0.2) is 41.4 Å². The fourth-order valence-electron chi connectivity index (χ4n) is 4.23. The zero-order valence-electron chi connectivity index (χ0n) is 15.4. The van der Waals surface area contributed by atoms with Crippen LogP contribution in [0, 0.1) is 0 Å². The predicted octanol–water partition coefficient (Wildman–Crippen LogP) is 2.48. The van der Waals surface area contributed by atoms with E-state index in [0.29, 0.717) is 31.9 Å². The summed E-state index contributed by atoms with van der Waals surface area (Å²) in [5.74, 6) is -0.168. The Kier molecular flexibility index (Phi) is 4.06. The first-order valence-corrected chi connectivity index (χ1v) is 11.0. The van der Waals surface area contributed by atoms with Gasteiger partial charge in [0.2, 0.25) is 10.0 Å². The molecule has 1 amide bonds. The lowest BCUT2D eigenvalue weighted by molar-refractivity contribution is 0.0730. The summed E-state index contributed by atoms with van der Waals surface area (Å²) < 4.78 is 26.9. The molecule has 146 valence electrons. The van der Waals surface area contributed by atoms with Crippen LogP contribution in [-0.4, -0.2) is 53.1 Å². The maximum absolute atomic E-state index is 13.0. The van der Waals surface area contributed by atoms with Crippen LogP contribution < -0.4 is 0 Å². The van der Waals surface area contributed by atoms with Gasteiger partial charge in [0.15, 0.2) is 0 Å². The molecule has 5 rings (SSSR count). The lowest BCUT2D eigenvalue weighted by Crippen LogP contribution is -2.36. The largest absolute Gasteiger partial charge is 0.358 e. The van der Waals surface area contributed by atoms with Gasteiger partial charge in [0.25, 0.3) is 5.91 Å². The monoisotopic (exact) mass is 398 g/mol. The summed E-state index contributed by atoms with van der Waals surface area (Å²) in [7, 11) is -3.52. The van der Waals surface area contributed by atoms with Crippen molar-refractivity contribution < 1.29 is 13.2 Å². The third-order valence-corrected chi connectivity index (χ3v) is 7.64. The number of nitrogens with one attached hydrogen (secondary N) is 2. The Bertz CT molecular complexity index is 1160. The standard InChI is InChI=1S/C20H22N4O3S/c25-20(19-11-14(12-21-19)28(26,27)24-8-3-4-9-24)23-10-7-18-16(13-23)15-5-1-2-6-17(15)22-18/h1-2,5-6,11-12,21-22H,3-4,7-10,13H2. The van der Waals surface area contributed by atoms with Crippen LogP contribution >= 0.6 is 0 Å². The van der Waals surface area contributed by atoms with E-state index in [1.807, 2.05) is 18.2 Å². The zero-order valence-corrected chi connectivity index (χ0v) is 16.3. The normalized spacial score (nSPS) is 17.9. The van der Waals surface area contributed by atoms with Crippen LogP contribution in [0.4, 0.5) is 0 Å². The molecular formula is C20H22N4O3S. The second-order valence-electron chi connectivity index (χ2n) is 7.46. The first-order chi connectivity index (χ1) is 13.5. The predicted molar refractivity (Wildman–Crippen MR) is 106 cm³/mol. The number of sulfonamides is 1. The lowest BCUT2D eigenvalue weighted by Gasteiger charge is -2.26. The Morgan fingerprint density at radius 3 is 2.68 bits per heavy atom. The van der Waals surface area contributed by atoms with Crippen molar-refractivity contribution >= 4 is 26.8 Å². The third kappa shape index (κ3) is 2.75. The molecule has 0 spiro atoms. The van der Waals surface area contributed by atoms with Gasteiger partial charge in [-0.15, -0.1) is 0 Å². The Morgan fingerprint density at radius 2 is 1.86 bits per heavy atom. The van der Waals surface area contributed by atoms with E-state index in [-0.39, 0.29) is 10.8 Å². The molecule has 1 fully saturated rings. The van der Waals surface area contributed by atoms with E-state index < -0.39 is 10.0 Å². The van der Waals surface area contributed by atoms with Gasteiger partial charge in [-0.05, 0) is 25.0 Å². The van der Waals surface area contributed by atoms with Crippen LogP contribution in [-0.2, 0) is 23.0 Å². The second-order valence-corrected chi connectivity index (χ2v) is 9.40. The van der Waals surface area contributed by atoms with Gasteiger partial charge in [0.05, 0.1) is 0 Å². The van der Waals surface area contributed by atoms with Gasteiger partial charge >= 0.3 is 0 Å². The second kappa shape index (κ2) is 6.49. The number of carbonyl (C=O) groups excluding carboxylic acids is 1. The minimum atomic E-state index is -3.52. The highest BCUT2D eigenvalue weighted by Crippen LogP contribution is 2.28. The molecule has 4 heterocycles. The van der Waals surface area contributed by atoms with Crippen molar-refractivity contribution in [2.45, 2.75) is 30.7 Å². The molecule has 28 heavy (non-hydrogen) atoms. The van der Waals surface area contributed by atoms with E-state index in [4.69, 9.17) is 0 Å². The van der Waals surface area contributed by atoms with Gasteiger partial charge in [0.1, 0.15) is 10.6 Å². The van der Waals surface area contributed by atoms with Crippen LogP contribution in [0.1, 0.15) is 34.6 Å². The Balaban J connectivity index is 1.40. The molecule has 8 heteroatoms. The van der Waals surface area contributed by atoms with Gasteiger partial charge in [0, 0.05) is 61.0 Å². The molecule has 2 aliphatic heterocycles. The molecular weight excluding hydrogens is 376 g/mol. The van der Waals surface area contributed by atoms with Gasteiger partial charge in [-0.1, -0.05) is 18.2 Å². The molecule has 0 atom stereocenters. The number of carbonyl (C=O) groups is 1. The van der Waals surface area contributed by atoms with Gasteiger partial charge in [-0.25, -0.2) is 8.42 Å². The average molecular weight is 398 g/mol. The number of hydrogen-bond acceptors (Lipinski definition) is 3. The number of nitrogens with zero attached hydrogens (tertiary/aromatic N) is 2. The van der Waals surface area contributed by atoms with E-state index in [1.165, 1.54) is 22.3 Å². The van der Waals surface area contributed by atoms with Crippen molar-refractivity contribution in [3.05, 3.63) is 53.5 Å². The number of hydrogen-bond donors (Lipinski definition) is 2. The molecule has 1 aromatic carbocycles. The molecule has 0 bridgehead atoms. The molecule has 3 aromatic rings. The maximum Gasteiger partial charge on any atom is 0.270 e. The zero-order chi connectivity index (χ0) is 19.3. The smallest absolute Gasteiger partial charge is 0.270 e.